The van der Waals surface area contributed by atoms with Crippen LogP contribution in [-0.2, 0) is 0 Å². The molecule has 10 heteroatoms. The molecule has 0 atom stereocenters. The smallest absolute Gasteiger partial charge is 0.239 e. The third-order valence-electron chi connectivity index (χ3n) is 13.4. The Balaban J connectivity index is 1.03. The molecule has 3 aliphatic rings. The summed E-state index contributed by atoms with van der Waals surface area (Å²) in [6.45, 7) is 0. The van der Waals surface area contributed by atoms with Crippen molar-refractivity contribution in [3.8, 4) is 45.0 Å². The van der Waals surface area contributed by atoms with Crippen molar-refractivity contribution >= 4 is 78.6 Å². The summed E-state index contributed by atoms with van der Waals surface area (Å²) in [5.74, 6) is 0. The molecule has 8 aromatic carbocycles. The summed E-state index contributed by atoms with van der Waals surface area (Å²) in [6.07, 6.45) is 0. The highest BCUT2D eigenvalue weighted by atomic mass is 16.1. The topological polar surface area (TPSA) is 76.7 Å². The molecule has 2 aliphatic heterocycles. The Hall–Kier alpha value is -9.02. The van der Waals surface area contributed by atoms with Crippen molar-refractivity contribution < 1.29 is 4.57 Å². The molecule has 10 nitrogen and oxygen atoms in total. The quantitative estimate of drug-likeness (QED) is 0.119. The molecule has 1 N–H and O–H groups in total. The van der Waals surface area contributed by atoms with Crippen LogP contribution >= 0.6 is 0 Å². The molecule has 0 unspecified atom stereocenters. The van der Waals surface area contributed by atoms with Gasteiger partial charge in [0.1, 0.15) is 11.0 Å². The van der Waals surface area contributed by atoms with Gasteiger partial charge < -0.3 is 29.5 Å². The molecule has 0 radical (unpaired) electrons. The second-order valence-electron chi connectivity index (χ2n) is 18.5. The van der Waals surface area contributed by atoms with Crippen molar-refractivity contribution in [3.05, 3.63) is 198 Å². The van der Waals surface area contributed by atoms with Gasteiger partial charge in [-0.2, -0.15) is 0 Å². The summed E-state index contributed by atoms with van der Waals surface area (Å²) in [6, 6.07) is 65.2. The lowest BCUT2D eigenvalue weighted by atomic mass is 9.96. The zero-order chi connectivity index (χ0) is 47.8. The highest BCUT2D eigenvalue weighted by Gasteiger charge is 2.29. The van der Waals surface area contributed by atoms with Crippen LogP contribution in [0.3, 0.4) is 0 Å². The molecule has 340 valence electrons. The van der Waals surface area contributed by atoms with Gasteiger partial charge in [-0.15, -0.1) is 4.57 Å². The number of hydrogen-bond acceptors (Lipinski definition) is 8. The number of hydrogen-bond donors (Lipinski definition) is 1. The maximum Gasteiger partial charge on any atom is 0.239 e. The standard InChI is InChI=1S/C60H50N9O/c1-64(2)43-24-28-49-57(32-43)67(40-16-10-7-11-17-40)55-30-38(22-26-47(55)61-49)45-34-51-59(36-53(45)65(3)4)68(41-18-12-8-13-19-41)56-31-39(23-27-48(56)62-51)46-35-52-60(37-54(46)66(5)6)69(42-20-14-9-15-21-42)58-33-44(70)25-29-50(58)63-52/h7-37,62H,1-6H3/q+1. The van der Waals surface area contributed by atoms with Crippen LogP contribution in [0.2, 0.25) is 0 Å². The molecule has 0 saturated carbocycles. The minimum atomic E-state index is -0.0561. The molecular weight excluding hydrogens is 863 g/mol. The van der Waals surface area contributed by atoms with Gasteiger partial charge in [0.2, 0.25) is 16.7 Å². The Morgan fingerprint density at radius 3 is 1.81 bits per heavy atom. The van der Waals surface area contributed by atoms with E-state index in [0.29, 0.717) is 0 Å². The van der Waals surface area contributed by atoms with Crippen molar-refractivity contribution in [2.75, 3.05) is 67.2 Å². The van der Waals surface area contributed by atoms with Gasteiger partial charge in [-0.1, -0.05) is 66.7 Å². The Morgan fingerprint density at radius 1 is 0.486 bits per heavy atom. The van der Waals surface area contributed by atoms with Crippen molar-refractivity contribution in [2.45, 2.75) is 0 Å². The van der Waals surface area contributed by atoms with E-state index in [-0.39, 0.29) is 5.43 Å². The maximum atomic E-state index is 12.8. The number of para-hydroxylation sites is 3. The first-order valence-corrected chi connectivity index (χ1v) is 23.5. The van der Waals surface area contributed by atoms with Gasteiger partial charge >= 0.3 is 0 Å². The molecular formula is C60H50N9O+. The third kappa shape index (κ3) is 7.11. The average molecular weight is 913 g/mol. The van der Waals surface area contributed by atoms with E-state index in [1.807, 2.05) is 24.3 Å². The molecule has 0 fully saturated rings. The number of benzene rings is 9. The number of nitrogens with one attached hydrogen (secondary N) is 1. The third-order valence-corrected chi connectivity index (χ3v) is 13.4. The monoisotopic (exact) mass is 912 g/mol. The number of aromatic nitrogens is 4. The van der Waals surface area contributed by atoms with Gasteiger partial charge in [-0.25, -0.2) is 9.97 Å². The summed E-state index contributed by atoms with van der Waals surface area (Å²) in [5.41, 5.74) is 21.7. The van der Waals surface area contributed by atoms with E-state index in [2.05, 4.69) is 228 Å². The normalized spacial score (nSPS) is 12.0. The predicted molar refractivity (Wildman–Crippen MR) is 290 cm³/mol. The minimum Gasteiger partial charge on any atom is -0.377 e. The van der Waals surface area contributed by atoms with Gasteiger partial charge in [0.15, 0.2) is 5.43 Å². The molecule has 12 rings (SSSR count). The lowest BCUT2D eigenvalue weighted by Gasteiger charge is -2.36. The summed E-state index contributed by atoms with van der Waals surface area (Å²) < 4.78 is 4.49. The Morgan fingerprint density at radius 2 is 1.10 bits per heavy atom. The average Bonchev–Trinajstić information content (AvgIpc) is 3.38. The molecule has 1 aromatic heterocycles. The lowest BCUT2D eigenvalue weighted by Crippen LogP contribution is -2.33. The molecule has 0 bridgehead atoms. The molecule has 0 amide bonds. The number of fused-ring (bicyclic) bond motifs is 6. The van der Waals surface area contributed by atoms with Crippen molar-refractivity contribution in [2.24, 2.45) is 0 Å². The van der Waals surface area contributed by atoms with E-state index >= 15 is 0 Å². The zero-order valence-corrected chi connectivity index (χ0v) is 39.9. The van der Waals surface area contributed by atoms with Crippen LogP contribution in [0.15, 0.2) is 193 Å². The van der Waals surface area contributed by atoms with Crippen LogP contribution in [0.5, 0.6) is 0 Å². The van der Waals surface area contributed by atoms with Crippen LogP contribution in [0, 0.1) is 0 Å². The van der Waals surface area contributed by atoms with Gasteiger partial charge in [-0.3, -0.25) is 4.79 Å². The fourth-order valence-electron chi connectivity index (χ4n) is 10.1. The lowest BCUT2D eigenvalue weighted by molar-refractivity contribution is -0.538. The van der Waals surface area contributed by atoms with E-state index in [9.17, 15) is 4.79 Å². The largest absolute Gasteiger partial charge is 0.377 e. The Labute approximate surface area is 406 Å². The van der Waals surface area contributed by atoms with Crippen LogP contribution < -0.4 is 34.9 Å². The van der Waals surface area contributed by atoms with Crippen molar-refractivity contribution in [1.82, 2.24) is 14.5 Å². The van der Waals surface area contributed by atoms with E-state index in [1.54, 1.807) is 12.1 Å². The number of rotatable bonds is 8. The zero-order valence-electron chi connectivity index (χ0n) is 39.9. The van der Waals surface area contributed by atoms with Crippen LogP contribution in [0.25, 0.3) is 78.1 Å². The molecule has 0 spiro atoms. The first-order chi connectivity index (χ1) is 34.1. The fraction of sp³-hybridized carbons (Fsp3) is 0.100. The summed E-state index contributed by atoms with van der Waals surface area (Å²) >= 11 is 0. The van der Waals surface area contributed by atoms with Gasteiger partial charge in [-0.05, 0) is 102 Å². The molecule has 0 saturated heterocycles. The molecule has 3 heterocycles. The first-order valence-electron chi connectivity index (χ1n) is 23.5. The Bertz CT molecular complexity index is 3870. The first kappa shape index (κ1) is 42.3. The molecule has 9 aromatic rings. The minimum absolute atomic E-state index is 0.0561. The van der Waals surface area contributed by atoms with Crippen LogP contribution in [-0.4, -0.2) is 56.8 Å². The van der Waals surface area contributed by atoms with Crippen LogP contribution in [0.4, 0.5) is 45.5 Å². The van der Waals surface area contributed by atoms with E-state index in [4.69, 9.17) is 9.97 Å². The second-order valence-corrected chi connectivity index (χ2v) is 18.5. The summed E-state index contributed by atoms with van der Waals surface area (Å²) in [7, 11) is 12.5. The van der Waals surface area contributed by atoms with Crippen molar-refractivity contribution in [1.29, 1.82) is 0 Å². The molecule has 70 heavy (non-hydrogen) atoms. The predicted octanol–water partition coefficient (Wildman–Crippen LogP) is 12.5. The van der Waals surface area contributed by atoms with Gasteiger partial charge in [0, 0.05) is 112 Å². The highest BCUT2D eigenvalue weighted by molar-refractivity contribution is 6.03. The fourth-order valence-corrected chi connectivity index (χ4v) is 10.1. The van der Waals surface area contributed by atoms with E-state index in [1.165, 1.54) is 0 Å². The maximum absolute atomic E-state index is 12.8. The highest BCUT2D eigenvalue weighted by Crippen LogP contribution is 2.53. The Kier molecular flexibility index (Phi) is 10.1. The molecule has 1 aliphatic carbocycles. The SMILES string of the molecule is CN(C)c1ccc2nc3ccc(-c4cc5c(cc4N(C)C)N(c4ccccc4)c4cc(-c6cc7nc8ccc(=O)cc-8n(-c8ccccc8)c7cc6N(C)C)ccc4N5)cc3[n+](-c3ccccc3)c2c1. The van der Waals surface area contributed by atoms with Gasteiger partial charge in [0.05, 0.1) is 45.2 Å². The van der Waals surface area contributed by atoms with E-state index < -0.39 is 0 Å². The number of anilines is 8. The summed E-state index contributed by atoms with van der Waals surface area (Å²) in [5, 5.41) is 3.89. The van der Waals surface area contributed by atoms with Crippen molar-refractivity contribution in [3.63, 3.8) is 0 Å². The van der Waals surface area contributed by atoms with Crippen LogP contribution in [0.1, 0.15) is 0 Å². The van der Waals surface area contributed by atoms with Gasteiger partial charge in [0.25, 0.3) is 0 Å². The second kappa shape index (κ2) is 16.6. The van der Waals surface area contributed by atoms with E-state index in [0.717, 1.165) is 124 Å². The summed E-state index contributed by atoms with van der Waals surface area (Å²) in [4.78, 5) is 32.0. The number of nitrogens with zero attached hydrogens (tertiary/aromatic N) is 8.